The van der Waals surface area contributed by atoms with Gasteiger partial charge in [-0.2, -0.15) is 0 Å². The van der Waals surface area contributed by atoms with Gasteiger partial charge >= 0.3 is 6.03 Å². The second-order valence-corrected chi connectivity index (χ2v) is 7.05. The molecule has 3 amide bonds. The molecule has 0 saturated carbocycles. The average molecular weight is 363 g/mol. The van der Waals surface area contributed by atoms with Crippen molar-refractivity contribution < 1.29 is 9.59 Å². The van der Waals surface area contributed by atoms with E-state index in [0.717, 1.165) is 32.2 Å². The van der Waals surface area contributed by atoms with Gasteiger partial charge < -0.3 is 21.3 Å². The van der Waals surface area contributed by atoms with Crippen molar-refractivity contribution in [3.05, 3.63) is 0 Å². The summed E-state index contributed by atoms with van der Waals surface area (Å²) in [7, 11) is 0. The number of carbonyl (C=O) groups is 2. The Labute approximate surface area is 152 Å². The second kappa shape index (κ2) is 10.8. The van der Waals surface area contributed by atoms with Crippen LogP contribution in [0.2, 0.25) is 0 Å². The van der Waals surface area contributed by atoms with Gasteiger partial charge in [-0.05, 0) is 31.6 Å². The van der Waals surface area contributed by atoms with E-state index in [1.54, 1.807) is 4.90 Å². The van der Waals surface area contributed by atoms with Gasteiger partial charge in [0.25, 0.3) is 0 Å². The van der Waals surface area contributed by atoms with Crippen LogP contribution in [0.5, 0.6) is 0 Å². The molecular formula is C17H35ClN4O2. The van der Waals surface area contributed by atoms with Crippen molar-refractivity contribution in [2.24, 2.45) is 17.6 Å². The van der Waals surface area contributed by atoms with Crippen molar-refractivity contribution in [1.82, 2.24) is 15.5 Å². The lowest BCUT2D eigenvalue weighted by molar-refractivity contribution is -0.128. The van der Waals surface area contributed by atoms with Gasteiger partial charge in [0.2, 0.25) is 5.91 Å². The van der Waals surface area contributed by atoms with Gasteiger partial charge in [0, 0.05) is 26.2 Å². The number of amides is 3. The highest BCUT2D eigenvalue weighted by atomic mass is 35.5. The minimum Gasteiger partial charge on any atom is -0.349 e. The Hall–Kier alpha value is -1.01. The highest BCUT2D eigenvalue weighted by Gasteiger charge is 2.33. The highest BCUT2D eigenvalue weighted by Crippen LogP contribution is 2.20. The van der Waals surface area contributed by atoms with Gasteiger partial charge in [-0.15, -0.1) is 12.4 Å². The molecule has 0 aromatic heterocycles. The third kappa shape index (κ3) is 6.48. The molecular weight excluding hydrogens is 328 g/mol. The van der Waals surface area contributed by atoms with Crippen LogP contribution in [0.15, 0.2) is 0 Å². The lowest BCUT2D eigenvalue weighted by Gasteiger charge is -2.36. The molecule has 24 heavy (non-hydrogen) atoms. The zero-order valence-corrected chi connectivity index (χ0v) is 16.4. The van der Waals surface area contributed by atoms with Crippen molar-refractivity contribution in [1.29, 1.82) is 0 Å². The molecule has 1 fully saturated rings. The predicted molar refractivity (Wildman–Crippen MR) is 100 cm³/mol. The minimum atomic E-state index is -0.320. The third-order valence-corrected chi connectivity index (χ3v) is 4.87. The maximum Gasteiger partial charge on any atom is 0.317 e. The van der Waals surface area contributed by atoms with E-state index in [0.29, 0.717) is 25.6 Å². The summed E-state index contributed by atoms with van der Waals surface area (Å²) < 4.78 is 0. The van der Waals surface area contributed by atoms with Gasteiger partial charge in [0.1, 0.15) is 0 Å². The Kier molecular flexibility index (Phi) is 10.3. The highest BCUT2D eigenvalue weighted by molar-refractivity contribution is 5.85. The number of rotatable bonds is 7. The molecule has 0 bridgehead atoms. The van der Waals surface area contributed by atoms with Crippen LogP contribution in [-0.2, 0) is 4.79 Å². The van der Waals surface area contributed by atoms with Gasteiger partial charge in [0.05, 0.1) is 11.5 Å². The normalized spacial score (nSPS) is 18.1. The quantitative estimate of drug-likeness (QED) is 0.648. The Morgan fingerprint density at radius 1 is 1.29 bits per heavy atom. The topological polar surface area (TPSA) is 87.5 Å². The van der Waals surface area contributed by atoms with E-state index in [9.17, 15) is 9.59 Å². The van der Waals surface area contributed by atoms with Gasteiger partial charge in [0.15, 0.2) is 0 Å². The van der Waals surface area contributed by atoms with Crippen LogP contribution >= 0.6 is 12.4 Å². The van der Waals surface area contributed by atoms with E-state index in [-0.39, 0.29) is 35.8 Å². The van der Waals surface area contributed by atoms with E-state index >= 15 is 0 Å². The van der Waals surface area contributed by atoms with E-state index < -0.39 is 0 Å². The van der Waals surface area contributed by atoms with Gasteiger partial charge in [-0.3, -0.25) is 4.79 Å². The van der Waals surface area contributed by atoms with Crippen LogP contribution < -0.4 is 16.4 Å². The van der Waals surface area contributed by atoms with Gasteiger partial charge in [-0.25, -0.2) is 4.79 Å². The van der Waals surface area contributed by atoms with Crippen molar-refractivity contribution in [2.75, 3.05) is 26.2 Å². The molecule has 0 aromatic rings. The molecule has 0 aromatic carbocycles. The first-order valence-electron chi connectivity index (χ1n) is 8.92. The van der Waals surface area contributed by atoms with Crippen LogP contribution in [0.3, 0.4) is 0 Å². The van der Waals surface area contributed by atoms with Crippen LogP contribution in [0.25, 0.3) is 0 Å². The molecule has 4 N–H and O–H groups in total. The number of hydrogen-bond donors (Lipinski definition) is 3. The summed E-state index contributed by atoms with van der Waals surface area (Å²) in [5, 5.41) is 6.07. The first-order chi connectivity index (χ1) is 10.9. The molecule has 1 atom stereocenters. The third-order valence-electron chi connectivity index (χ3n) is 4.87. The fraction of sp³-hybridized carbons (Fsp3) is 0.882. The number of hydrogen-bond acceptors (Lipinski definition) is 3. The summed E-state index contributed by atoms with van der Waals surface area (Å²) >= 11 is 0. The second-order valence-electron chi connectivity index (χ2n) is 7.05. The van der Waals surface area contributed by atoms with Crippen molar-refractivity contribution >= 4 is 24.3 Å². The molecule has 7 heteroatoms. The number of urea groups is 1. The average Bonchev–Trinajstić information content (AvgIpc) is 2.57. The first-order valence-corrected chi connectivity index (χ1v) is 8.92. The Morgan fingerprint density at radius 3 is 2.42 bits per heavy atom. The smallest absolute Gasteiger partial charge is 0.317 e. The van der Waals surface area contributed by atoms with E-state index in [2.05, 4.69) is 24.5 Å². The van der Waals surface area contributed by atoms with Crippen LogP contribution in [0.1, 0.15) is 53.4 Å². The van der Waals surface area contributed by atoms with E-state index in [1.165, 1.54) is 0 Å². The molecule has 142 valence electrons. The summed E-state index contributed by atoms with van der Waals surface area (Å²) in [5.41, 5.74) is 5.54. The first kappa shape index (κ1) is 23.0. The molecule has 0 spiro atoms. The van der Waals surface area contributed by atoms with E-state index in [1.807, 2.05) is 13.8 Å². The molecule has 1 aliphatic rings. The van der Waals surface area contributed by atoms with Crippen molar-refractivity contribution in [2.45, 2.75) is 58.9 Å². The molecule has 1 saturated heterocycles. The number of piperidine rings is 1. The fourth-order valence-corrected chi connectivity index (χ4v) is 2.91. The molecule has 1 rings (SSSR count). The number of nitrogens with zero attached hydrogens (tertiary/aromatic N) is 1. The summed E-state index contributed by atoms with van der Waals surface area (Å²) in [6.07, 6.45) is 3.32. The molecule has 1 unspecified atom stereocenters. The molecule has 6 nitrogen and oxygen atoms in total. The zero-order chi connectivity index (χ0) is 17.5. The maximum atomic E-state index is 12.6. The Bertz CT molecular complexity index is 392. The lowest BCUT2D eigenvalue weighted by atomic mass is 9.90. The zero-order valence-electron chi connectivity index (χ0n) is 15.6. The lowest BCUT2D eigenvalue weighted by Crippen LogP contribution is -2.57. The number of carbonyl (C=O) groups excluding carboxylic acids is 2. The molecule has 1 aliphatic heterocycles. The van der Waals surface area contributed by atoms with Crippen LogP contribution in [-0.4, -0.2) is 48.6 Å². The van der Waals surface area contributed by atoms with E-state index in [4.69, 9.17) is 5.73 Å². The van der Waals surface area contributed by atoms with Crippen LogP contribution in [0.4, 0.5) is 4.79 Å². The standard InChI is InChI=1S/C17H34N4O2.ClH/c1-5-17(6-2,12-18)20-15(22)14-8-7-9-21(11-14)16(23)19-10-13(3)4;/h13-14H,5-12,18H2,1-4H3,(H,19,23)(H,20,22);1H. The number of nitrogens with two attached hydrogens (primary N) is 1. The largest absolute Gasteiger partial charge is 0.349 e. The van der Waals surface area contributed by atoms with Crippen LogP contribution in [0, 0.1) is 11.8 Å². The SMILES string of the molecule is CCC(CC)(CN)NC(=O)C1CCCN(C(=O)NCC(C)C)C1.Cl. The predicted octanol–water partition coefficient (Wildman–Crippen LogP) is 2.12. The summed E-state index contributed by atoms with van der Waals surface area (Å²) in [5.74, 6) is 0.306. The van der Waals surface area contributed by atoms with Gasteiger partial charge in [-0.1, -0.05) is 27.7 Å². The molecule has 1 heterocycles. The number of halogens is 1. The molecule has 0 radical (unpaired) electrons. The minimum absolute atomic E-state index is 0. The maximum absolute atomic E-state index is 12.6. The van der Waals surface area contributed by atoms with Crippen molar-refractivity contribution in [3.8, 4) is 0 Å². The Morgan fingerprint density at radius 2 is 1.92 bits per heavy atom. The summed E-state index contributed by atoms with van der Waals surface area (Å²) in [4.78, 5) is 26.5. The van der Waals surface area contributed by atoms with Crippen molar-refractivity contribution in [3.63, 3.8) is 0 Å². The number of nitrogens with one attached hydrogen (secondary N) is 2. The fourth-order valence-electron chi connectivity index (χ4n) is 2.91. The summed E-state index contributed by atoms with van der Waals surface area (Å²) in [6, 6.07) is -0.0627. The molecule has 0 aliphatic carbocycles. The number of likely N-dealkylation sites (tertiary alicyclic amines) is 1. The Balaban J connectivity index is 0.00000529. The summed E-state index contributed by atoms with van der Waals surface area (Å²) in [6.45, 7) is 10.5. The monoisotopic (exact) mass is 362 g/mol.